The first kappa shape index (κ1) is 20.6. The van der Waals surface area contributed by atoms with E-state index < -0.39 is 23.2 Å². The third-order valence-corrected chi connectivity index (χ3v) is 7.12. The van der Waals surface area contributed by atoms with Crippen LogP contribution in [0.25, 0.3) is 0 Å². The molecule has 2 atom stereocenters. The van der Waals surface area contributed by atoms with Crippen LogP contribution in [0.2, 0.25) is 0 Å². The molecule has 1 aromatic heterocycles. The van der Waals surface area contributed by atoms with Crippen LogP contribution in [-0.2, 0) is 16.0 Å². The van der Waals surface area contributed by atoms with E-state index in [2.05, 4.69) is 5.32 Å². The lowest BCUT2D eigenvalue weighted by atomic mass is 10.1. The smallest absolute Gasteiger partial charge is 0.324 e. The fraction of sp³-hybridized carbons (Fsp3) is 0.286. The maximum atomic E-state index is 13.3. The second-order valence-corrected chi connectivity index (χ2v) is 9.20. The summed E-state index contributed by atoms with van der Waals surface area (Å²) in [7, 11) is 0. The van der Waals surface area contributed by atoms with Gasteiger partial charge >= 0.3 is 6.03 Å². The van der Waals surface area contributed by atoms with Crippen molar-refractivity contribution in [1.82, 2.24) is 9.80 Å². The van der Waals surface area contributed by atoms with Crippen molar-refractivity contribution in [1.29, 1.82) is 0 Å². The summed E-state index contributed by atoms with van der Waals surface area (Å²) in [6.07, 6.45) is 2.37. The summed E-state index contributed by atoms with van der Waals surface area (Å²) in [6, 6.07) is 7.08. The number of halogens is 1. The lowest BCUT2D eigenvalue weighted by Gasteiger charge is -2.40. The number of carbonyl (C=O) groups excluding carboxylic acids is 3. The van der Waals surface area contributed by atoms with Crippen molar-refractivity contribution in [2.24, 2.45) is 0 Å². The highest BCUT2D eigenvalue weighted by atomic mass is 32.2. The van der Waals surface area contributed by atoms with Crippen molar-refractivity contribution in [2.75, 3.05) is 18.4 Å². The minimum atomic E-state index is -0.462. The standard InChI is InChI=1S/C21H20FN3O3S2/c1-13-11-14(22)4-5-16(13)23-18(26)12-25-17-7-10-30-19(17)20(27)24(21(25)28)8-6-15-3-2-9-29-15/h2-5,7,9-11,17,19H,6,8,12H2,1H3,(H,23,26). The molecule has 156 valence electrons. The van der Waals surface area contributed by atoms with Crippen LogP contribution in [0.5, 0.6) is 0 Å². The number of rotatable bonds is 6. The highest BCUT2D eigenvalue weighted by molar-refractivity contribution is 8.03. The number of aryl methyl sites for hydroxylation is 1. The summed E-state index contributed by atoms with van der Waals surface area (Å²) >= 11 is 2.94. The second kappa shape index (κ2) is 8.61. The van der Waals surface area contributed by atoms with Crippen LogP contribution in [0.1, 0.15) is 10.4 Å². The van der Waals surface area contributed by atoms with Gasteiger partial charge in [0.25, 0.3) is 0 Å². The molecule has 2 unspecified atom stereocenters. The van der Waals surface area contributed by atoms with E-state index in [0.29, 0.717) is 17.7 Å². The maximum absolute atomic E-state index is 13.3. The number of imide groups is 1. The van der Waals surface area contributed by atoms with Gasteiger partial charge in [0.1, 0.15) is 17.6 Å². The lowest BCUT2D eigenvalue weighted by molar-refractivity contribution is -0.132. The molecule has 1 N–H and O–H groups in total. The fourth-order valence-electron chi connectivity index (χ4n) is 3.56. The number of nitrogens with zero attached hydrogens (tertiary/aromatic N) is 2. The van der Waals surface area contributed by atoms with Crippen molar-refractivity contribution < 1.29 is 18.8 Å². The molecule has 2 aliphatic rings. The van der Waals surface area contributed by atoms with E-state index in [4.69, 9.17) is 0 Å². The Morgan fingerprint density at radius 2 is 2.10 bits per heavy atom. The topological polar surface area (TPSA) is 69.7 Å². The average Bonchev–Trinajstić information content (AvgIpc) is 3.39. The molecule has 4 rings (SSSR count). The molecule has 1 aromatic carbocycles. The van der Waals surface area contributed by atoms with Crippen molar-refractivity contribution in [3.63, 3.8) is 0 Å². The molecule has 0 saturated carbocycles. The van der Waals surface area contributed by atoms with Gasteiger partial charge in [-0.2, -0.15) is 0 Å². The molecular formula is C21H20FN3O3S2. The highest BCUT2D eigenvalue weighted by Crippen LogP contribution is 2.34. The molecule has 1 saturated heterocycles. The van der Waals surface area contributed by atoms with Crippen molar-refractivity contribution in [2.45, 2.75) is 24.6 Å². The van der Waals surface area contributed by atoms with Crippen LogP contribution >= 0.6 is 23.1 Å². The molecule has 4 amide bonds. The molecule has 2 aliphatic heterocycles. The summed E-state index contributed by atoms with van der Waals surface area (Å²) in [5, 5.41) is 6.05. The number of hydrogen-bond acceptors (Lipinski definition) is 5. The van der Waals surface area contributed by atoms with Crippen LogP contribution in [-0.4, -0.2) is 52.0 Å². The van der Waals surface area contributed by atoms with E-state index >= 15 is 0 Å². The maximum Gasteiger partial charge on any atom is 0.327 e. The largest absolute Gasteiger partial charge is 0.327 e. The molecule has 0 bridgehead atoms. The quantitative estimate of drug-likeness (QED) is 0.737. The van der Waals surface area contributed by atoms with Gasteiger partial charge < -0.3 is 10.2 Å². The van der Waals surface area contributed by atoms with Crippen LogP contribution in [0.4, 0.5) is 14.9 Å². The van der Waals surface area contributed by atoms with Crippen molar-refractivity contribution in [3.8, 4) is 0 Å². The van der Waals surface area contributed by atoms with Gasteiger partial charge in [0.2, 0.25) is 11.8 Å². The minimum Gasteiger partial charge on any atom is -0.324 e. The summed E-state index contributed by atoms with van der Waals surface area (Å²) in [5.74, 6) is -0.996. The van der Waals surface area contributed by atoms with Gasteiger partial charge in [-0.1, -0.05) is 12.1 Å². The first-order valence-electron chi connectivity index (χ1n) is 9.46. The van der Waals surface area contributed by atoms with Crippen LogP contribution < -0.4 is 5.32 Å². The van der Waals surface area contributed by atoms with Gasteiger partial charge in [0, 0.05) is 17.1 Å². The zero-order valence-corrected chi connectivity index (χ0v) is 17.8. The molecule has 30 heavy (non-hydrogen) atoms. The molecule has 3 heterocycles. The van der Waals surface area contributed by atoms with E-state index in [9.17, 15) is 18.8 Å². The summed E-state index contributed by atoms with van der Waals surface area (Å²) in [4.78, 5) is 42.4. The summed E-state index contributed by atoms with van der Waals surface area (Å²) in [6.45, 7) is 1.78. The SMILES string of the molecule is Cc1cc(F)ccc1NC(=O)CN1C(=O)N(CCc2cccs2)C(=O)C2SC=CC21. The Kier molecular flexibility index (Phi) is 5.92. The number of benzene rings is 1. The van der Waals surface area contributed by atoms with Crippen LogP contribution in [0, 0.1) is 12.7 Å². The van der Waals surface area contributed by atoms with Gasteiger partial charge in [-0.05, 0) is 54.0 Å². The number of thioether (sulfide) groups is 1. The summed E-state index contributed by atoms with van der Waals surface area (Å²) < 4.78 is 13.3. The van der Waals surface area contributed by atoms with Gasteiger partial charge in [0.05, 0.1) is 6.04 Å². The minimum absolute atomic E-state index is 0.190. The Labute approximate surface area is 181 Å². The zero-order valence-electron chi connectivity index (χ0n) is 16.2. The number of carbonyl (C=O) groups is 3. The van der Waals surface area contributed by atoms with Crippen molar-refractivity contribution in [3.05, 3.63) is 63.5 Å². The molecular weight excluding hydrogens is 425 g/mol. The second-order valence-electron chi connectivity index (χ2n) is 7.11. The molecule has 0 spiro atoms. The Balaban J connectivity index is 1.48. The van der Waals surface area contributed by atoms with Crippen LogP contribution in [0.3, 0.4) is 0 Å². The number of anilines is 1. The number of fused-ring (bicyclic) bond motifs is 1. The van der Waals surface area contributed by atoms with E-state index in [-0.39, 0.29) is 24.8 Å². The van der Waals surface area contributed by atoms with Gasteiger partial charge in [-0.25, -0.2) is 9.18 Å². The monoisotopic (exact) mass is 445 g/mol. The Bertz CT molecular complexity index is 1010. The Hall–Kier alpha value is -2.65. The fourth-order valence-corrected chi connectivity index (χ4v) is 5.32. The summed E-state index contributed by atoms with van der Waals surface area (Å²) in [5.41, 5.74) is 1.08. The molecule has 0 radical (unpaired) electrons. The van der Waals surface area contributed by atoms with Crippen LogP contribution in [0.15, 0.2) is 47.2 Å². The van der Waals surface area contributed by atoms with Crippen molar-refractivity contribution >= 4 is 46.6 Å². The first-order chi connectivity index (χ1) is 14.4. The van der Waals surface area contributed by atoms with Gasteiger partial charge in [0.15, 0.2) is 0 Å². The van der Waals surface area contributed by atoms with E-state index in [1.165, 1.54) is 39.8 Å². The number of thiophene rings is 1. The average molecular weight is 446 g/mol. The molecule has 0 aliphatic carbocycles. The number of nitrogens with one attached hydrogen (secondary N) is 1. The first-order valence-corrected chi connectivity index (χ1v) is 11.3. The van der Waals surface area contributed by atoms with E-state index in [1.807, 2.05) is 17.5 Å². The third kappa shape index (κ3) is 4.13. The normalized spacial score (nSPS) is 20.6. The zero-order chi connectivity index (χ0) is 21.3. The predicted octanol–water partition coefficient (Wildman–Crippen LogP) is 3.64. The number of hydrogen-bond donors (Lipinski definition) is 1. The Morgan fingerprint density at radius 3 is 2.83 bits per heavy atom. The highest BCUT2D eigenvalue weighted by Gasteiger charge is 2.47. The Morgan fingerprint density at radius 1 is 1.27 bits per heavy atom. The molecule has 9 heteroatoms. The third-order valence-electron chi connectivity index (χ3n) is 5.10. The van der Waals surface area contributed by atoms with E-state index in [1.54, 1.807) is 29.7 Å². The molecule has 1 fully saturated rings. The van der Waals surface area contributed by atoms with E-state index in [0.717, 1.165) is 4.88 Å². The molecule has 6 nitrogen and oxygen atoms in total. The molecule has 2 aromatic rings. The van der Waals surface area contributed by atoms with Gasteiger partial charge in [-0.3, -0.25) is 14.5 Å². The number of urea groups is 1. The lowest BCUT2D eigenvalue weighted by Crippen LogP contribution is -2.63. The predicted molar refractivity (Wildman–Crippen MR) is 116 cm³/mol. The van der Waals surface area contributed by atoms with Gasteiger partial charge in [-0.15, -0.1) is 23.1 Å². The number of amides is 4.